The van der Waals surface area contributed by atoms with Crippen molar-refractivity contribution >= 4 is 18.3 Å². The number of amides is 1. The summed E-state index contributed by atoms with van der Waals surface area (Å²) < 4.78 is 0. The van der Waals surface area contributed by atoms with Gasteiger partial charge < -0.3 is 10.6 Å². The Balaban J connectivity index is 0.00000200. The normalized spacial score (nSPS) is 23.0. The van der Waals surface area contributed by atoms with E-state index in [1.807, 2.05) is 6.92 Å². The molecule has 2 atom stereocenters. The standard InChI is InChI=1S/C16H24N2O.ClH/c1-11-5-6-14(12(2)9-11)13(3)18-15(19)16(4)7-8-17-10-16;/h5-6,9,13,17H,7-8,10H2,1-4H3,(H,18,19);1H. The van der Waals surface area contributed by atoms with Crippen LogP contribution in [0.4, 0.5) is 0 Å². The summed E-state index contributed by atoms with van der Waals surface area (Å²) >= 11 is 0. The second-order valence-corrected chi connectivity index (χ2v) is 6.04. The number of carbonyl (C=O) groups excluding carboxylic acids is 1. The first-order valence-electron chi connectivity index (χ1n) is 7.01. The molecule has 0 spiro atoms. The maximum Gasteiger partial charge on any atom is 0.227 e. The summed E-state index contributed by atoms with van der Waals surface area (Å²) in [5.41, 5.74) is 3.44. The molecule has 1 heterocycles. The molecule has 0 radical (unpaired) electrons. The average molecular weight is 297 g/mol. The van der Waals surface area contributed by atoms with Crippen LogP contribution in [0.5, 0.6) is 0 Å². The van der Waals surface area contributed by atoms with Crippen LogP contribution in [0.2, 0.25) is 0 Å². The van der Waals surface area contributed by atoms with Crippen LogP contribution in [-0.4, -0.2) is 19.0 Å². The lowest BCUT2D eigenvalue weighted by atomic mass is 9.88. The van der Waals surface area contributed by atoms with E-state index in [0.717, 1.165) is 19.5 Å². The molecule has 20 heavy (non-hydrogen) atoms. The van der Waals surface area contributed by atoms with Gasteiger partial charge in [0.2, 0.25) is 5.91 Å². The van der Waals surface area contributed by atoms with Gasteiger partial charge in [0.05, 0.1) is 11.5 Å². The Hall–Kier alpha value is -1.06. The van der Waals surface area contributed by atoms with Gasteiger partial charge >= 0.3 is 0 Å². The van der Waals surface area contributed by atoms with Crippen molar-refractivity contribution in [2.45, 2.75) is 40.2 Å². The summed E-state index contributed by atoms with van der Waals surface area (Å²) in [6.07, 6.45) is 0.915. The molecule has 1 amide bonds. The lowest BCUT2D eigenvalue weighted by Crippen LogP contribution is -2.41. The molecule has 0 aliphatic carbocycles. The van der Waals surface area contributed by atoms with Crippen LogP contribution in [-0.2, 0) is 4.79 Å². The first kappa shape index (κ1) is 17.0. The van der Waals surface area contributed by atoms with Gasteiger partial charge in [-0.05, 0) is 51.8 Å². The molecule has 2 rings (SSSR count). The van der Waals surface area contributed by atoms with E-state index in [9.17, 15) is 4.79 Å². The SMILES string of the molecule is Cc1ccc(C(C)NC(=O)C2(C)CCNC2)c(C)c1.Cl. The van der Waals surface area contributed by atoms with Crippen molar-refractivity contribution in [3.05, 3.63) is 34.9 Å². The molecule has 3 nitrogen and oxygen atoms in total. The Kier molecular flexibility index (Phi) is 5.60. The average Bonchev–Trinajstić information content (AvgIpc) is 2.77. The van der Waals surface area contributed by atoms with Crippen LogP contribution in [0.15, 0.2) is 18.2 Å². The summed E-state index contributed by atoms with van der Waals surface area (Å²) in [6, 6.07) is 6.44. The molecule has 0 bridgehead atoms. The molecule has 2 N–H and O–H groups in total. The van der Waals surface area contributed by atoms with Crippen LogP contribution in [0.1, 0.15) is 43.0 Å². The van der Waals surface area contributed by atoms with E-state index < -0.39 is 0 Å². The first-order chi connectivity index (χ1) is 8.92. The minimum Gasteiger partial charge on any atom is -0.349 e. The van der Waals surface area contributed by atoms with Gasteiger partial charge in [-0.3, -0.25) is 4.79 Å². The summed E-state index contributed by atoms with van der Waals surface area (Å²) in [4.78, 5) is 12.4. The predicted molar refractivity (Wildman–Crippen MR) is 85.3 cm³/mol. The van der Waals surface area contributed by atoms with E-state index in [4.69, 9.17) is 0 Å². The van der Waals surface area contributed by atoms with Crippen LogP contribution in [0.25, 0.3) is 0 Å². The van der Waals surface area contributed by atoms with Crippen LogP contribution in [0.3, 0.4) is 0 Å². The van der Waals surface area contributed by atoms with Gasteiger partial charge in [0.1, 0.15) is 0 Å². The van der Waals surface area contributed by atoms with E-state index in [1.54, 1.807) is 0 Å². The molecule has 1 aromatic rings. The summed E-state index contributed by atoms with van der Waals surface area (Å²) in [5.74, 6) is 0.157. The van der Waals surface area contributed by atoms with Gasteiger partial charge in [0, 0.05) is 6.54 Å². The Bertz CT molecular complexity index is 481. The maximum absolute atomic E-state index is 12.4. The van der Waals surface area contributed by atoms with Crippen molar-refractivity contribution in [3.63, 3.8) is 0 Å². The van der Waals surface area contributed by atoms with E-state index in [0.29, 0.717) is 0 Å². The molecule has 2 unspecified atom stereocenters. The molecular weight excluding hydrogens is 272 g/mol. The fourth-order valence-corrected chi connectivity index (χ4v) is 2.77. The molecule has 1 aliphatic rings. The fourth-order valence-electron chi connectivity index (χ4n) is 2.77. The largest absolute Gasteiger partial charge is 0.349 e. The number of hydrogen-bond acceptors (Lipinski definition) is 2. The van der Waals surface area contributed by atoms with E-state index in [1.165, 1.54) is 16.7 Å². The quantitative estimate of drug-likeness (QED) is 0.900. The Labute approximate surface area is 127 Å². The molecule has 112 valence electrons. The molecule has 4 heteroatoms. The van der Waals surface area contributed by atoms with Crippen molar-refractivity contribution < 1.29 is 4.79 Å². The number of hydrogen-bond donors (Lipinski definition) is 2. The number of aryl methyl sites for hydroxylation is 2. The number of benzene rings is 1. The molecule has 0 aromatic heterocycles. The lowest BCUT2D eigenvalue weighted by molar-refractivity contribution is -0.129. The van der Waals surface area contributed by atoms with Gasteiger partial charge in [-0.25, -0.2) is 0 Å². The van der Waals surface area contributed by atoms with Gasteiger partial charge in [-0.15, -0.1) is 12.4 Å². The third-order valence-corrected chi connectivity index (χ3v) is 4.16. The Morgan fingerprint density at radius 2 is 2.10 bits per heavy atom. The van der Waals surface area contributed by atoms with E-state index in [-0.39, 0.29) is 29.8 Å². The first-order valence-corrected chi connectivity index (χ1v) is 7.01. The zero-order chi connectivity index (χ0) is 14.0. The third kappa shape index (κ3) is 3.53. The number of nitrogens with one attached hydrogen (secondary N) is 2. The van der Waals surface area contributed by atoms with Crippen molar-refractivity contribution in [1.82, 2.24) is 10.6 Å². The smallest absolute Gasteiger partial charge is 0.227 e. The molecule has 0 saturated carbocycles. The van der Waals surface area contributed by atoms with Crippen LogP contribution in [0, 0.1) is 19.3 Å². The van der Waals surface area contributed by atoms with Gasteiger partial charge in [0.15, 0.2) is 0 Å². The highest BCUT2D eigenvalue weighted by Gasteiger charge is 2.36. The monoisotopic (exact) mass is 296 g/mol. The molecule has 1 fully saturated rings. The van der Waals surface area contributed by atoms with Crippen molar-refractivity contribution in [2.75, 3.05) is 13.1 Å². The fraction of sp³-hybridized carbons (Fsp3) is 0.562. The molecule has 1 saturated heterocycles. The van der Waals surface area contributed by atoms with Crippen molar-refractivity contribution in [1.29, 1.82) is 0 Å². The van der Waals surface area contributed by atoms with E-state index >= 15 is 0 Å². The van der Waals surface area contributed by atoms with Crippen molar-refractivity contribution in [2.24, 2.45) is 5.41 Å². The van der Waals surface area contributed by atoms with Crippen molar-refractivity contribution in [3.8, 4) is 0 Å². The minimum absolute atomic E-state index is 0. The minimum atomic E-state index is -0.257. The number of halogens is 1. The second-order valence-electron chi connectivity index (χ2n) is 6.04. The van der Waals surface area contributed by atoms with Crippen LogP contribution >= 0.6 is 12.4 Å². The highest BCUT2D eigenvalue weighted by molar-refractivity contribution is 5.85. The Morgan fingerprint density at radius 3 is 2.65 bits per heavy atom. The molecular formula is C16H25ClN2O. The Morgan fingerprint density at radius 1 is 1.40 bits per heavy atom. The summed E-state index contributed by atoms with van der Waals surface area (Å²) in [5, 5.41) is 6.42. The van der Waals surface area contributed by atoms with Gasteiger partial charge in [-0.2, -0.15) is 0 Å². The number of rotatable bonds is 3. The van der Waals surface area contributed by atoms with Gasteiger partial charge in [0.25, 0.3) is 0 Å². The second kappa shape index (κ2) is 6.59. The summed E-state index contributed by atoms with van der Waals surface area (Å²) in [6.45, 7) is 9.99. The highest BCUT2D eigenvalue weighted by atomic mass is 35.5. The maximum atomic E-state index is 12.4. The predicted octanol–water partition coefficient (Wildman–Crippen LogP) is 2.90. The third-order valence-electron chi connectivity index (χ3n) is 4.16. The van der Waals surface area contributed by atoms with Crippen LogP contribution < -0.4 is 10.6 Å². The molecule has 1 aliphatic heterocycles. The lowest BCUT2D eigenvalue weighted by Gasteiger charge is -2.25. The van der Waals surface area contributed by atoms with E-state index in [2.05, 4.69) is 49.6 Å². The topological polar surface area (TPSA) is 41.1 Å². The zero-order valence-corrected chi connectivity index (χ0v) is 13.6. The summed E-state index contributed by atoms with van der Waals surface area (Å²) in [7, 11) is 0. The van der Waals surface area contributed by atoms with Gasteiger partial charge in [-0.1, -0.05) is 23.8 Å². The highest BCUT2D eigenvalue weighted by Crippen LogP contribution is 2.26. The molecule has 1 aromatic carbocycles. The number of carbonyl (C=O) groups is 1. The zero-order valence-electron chi connectivity index (χ0n) is 12.7.